The Bertz CT molecular complexity index is 332. The molecule has 0 aliphatic carbocycles. The van der Waals surface area contributed by atoms with Crippen molar-refractivity contribution < 1.29 is 9.50 Å². The third-order valence-electron chi connectivity index (χ3n) is 2.25. The predicted molar refractivity (Wildman–Crippen MR) is 62.2 cm³/mol. The van der Waals surface area contributed by atoms with E-state index in [1.165, 1.54) is 6.07 Å². The van der Waals surface area contributed by atoms with Crippen LogP contribution in [0.25, 0.3) is 0 Å². The lowest BCUT2D eigenvalue weighted by Crippen LogP contribution is -2.31. The van der Waals surface area contributed by atoms with Crippen molar-refractivity contribution in [1.29, 1.82) is 0 Å². The van der Waals surface area contributed by atoms with Gasteiger partial charge in [-0.15, -0.1) is 0 Å². The maximum Gasteiger partial charge on any atom is 0.137 e. The quantitative estimate of drug-likeness (QED) is 0.886. The van der Waals surface area contributed by atoms with E-state index in [1.807, 2.05) is 19.9 Å². The van der Waals surface area contributed by atoms with Gasteiger partial charge >= 0.3 is 0 Å². The molecular formula is C11H15BrFNO. The first kappa shape index (κ1) is 12.6. The number of hydrogen-bond donors (Lipinski definition) is 2. The number of nitrogens with one attached hydrogen (secondary N) is 1. The van der Waals surface area contributed by atoms with Gasteiger partial charge in [-0.2, -0.15) is 0 Å². The van der Waals surface area contributed by atoms with Crippen LogP contribution in [0.2, 0.25) is 0 Å². The van der Waals surface area contributed by atoms with Gasteiger partial charge in [-0.1, -0.05) is 6.07 Å². The van der Waals surface area contributed by atoms with Crippen molar-refractivity contribution in [2.75, 3.05) is 6.61 Å². The first-order valence-corrected chi connectivity index (χ1v) is 5.65. The van der Waals surface area contributed by atoms with E-state index in [1.54, 1.807) is 6.07 Å². The molecule has 0 fully saturated rings. The molecule has 0 bridgehead atoms. The molecule has 1 rings (SSSR count). The molecule has 0 heterocycles. The van der Waals surface area contributed by atoms with Crippen LogP contribution in [0.15, 0.2) is 22.7 Å². The zero-order chi connectivity index (χ0) is 11.4. The number of benzene rings is 1. The number of aliphatic hydroxyl groups excluding tert-OH is 1. The number of halogens is 2. The highest BCUT2D eigenvalue weighted by Gasteiger charge is 2.10. The van der Waals surface area contributed by atoms with E-state index in [2.05, 4.69) is 21.2 Å². The minimum Gasteiger partial charge on any atom is -0.395 e. The Morgan fingerprint density at radius 1 is 1.47 bits per heavy atom. The predicted octanol–water partition coefficient (Wildman–Crippen LogP) is 2.62. The van der Waals surface area contributed by atoms with Gasteiger partial charge in [-0.05, 0) is 47.5 Å². The minimum atomic E-state index is -0.266. The van der Waals surface area contributed by atoms with Gasteiger partial charge in [0.05, 0.1) is 11.1 Å². The maximum atomic E-state index is 13.2. The molecule has 1 aromatic rings. The monoisotopic (exact) mass is 275 g/mol. The molecule has 0 aliphatic heterocycles. The lowest BCUT2D eigenvalue weighted by Gasteiger charge is -2.18. The van der Waals surface area contributed by atoms with Crippen molar-refractivity contribution in [1.82, 2.24) is 5.32 Å². The fourth-order valence-corrected chi connectivity index (χ4v) is 1.60. The Labute approximate surface area is 97.6 Å². The lowest BCUT2D eigenvalue weighted by atomic mass is 10.1. The molecular weight excluding hydrogens is 261 g/mol. The third kappa shape index (κ3) is 3.55. The van der Waals surface area contributed by atoms with Crippen molar-refractivity contribution in [3.05, 3.63) is 34.1 Å². The summed E-state index contributed by atoms with van der Waals surface area (Å²) in [5, 5.41) is 12.0. The van der Waals surface area contributed by atoms with Crippen molar-refractivity contribution in [2.45, 2.75) is 25.9 Å². The summed E-state index contributed by atoms with van der Waals surface area (Å²) in [5.74, 6) is -0.266. The van der Waals surface area contributed by atoms with Gasteiger partial charge in [0.15, 0.2) is 0 Å². The second-order valence-electron chi connectivity index (χ2n) is 3.65. The molecule has 1 unspecified atom stereocenters. The summed E-state index contributed by atoms with van der Waals surface area (Å²) >= 11 is 3.11. The molecule has 2 nitrogen and oxygen atoms in total. The second-order valence-corrected chi connectivity index (χ2v) is 4.50. The third-order valence-corrected chi connectivity index (χ3v) is 2.90. The van der Waals surface area contributed by atoms with E-state index in [0.717, 1.165) is 5.56 Å². The average molecular weight is 276 g/mol. The lowest BCUT2D eigenvalue weighted by molar-refractivity contribution is 0.243. The fourth-order valence-electron chi connectivity index (χ4n) is 1.36. The van der Waals surface area contributed by atoms with E-state index >= 15 is 0 Å². The number of aliphatic hydroxyl groups is 1. The van der Waals surface area contributed by atoms with Crippen LogP contribution in [-0.2, 0) is 0 Å². The van der Waals surface area contributed by atoms with Gasteiger partial charge in [-0.25, -0.2) is 4.39 Å². The zero-order valence-electron chi connectivity index (χ0n) is 8.80. The molecule has 0 amide bonds. The highest BCUT2D eigenvalue weighted by Crippen LogP contribution is 2.20. The Balaban J connectivity index is 2.73. The molecule has 0 spiro atoms. The van der Waals surface area contributed by atoms with Crippen LogP contribution in [0.3, 0.4) is 0 Å². The molecule has 0 aromatic heterocycles. The number of hydrogen-bond acceptors (Lipinski definition) is 2. The van der Waals surface area contributed by atoms with Gasteiger partial charge in [-0.3, -0.25) is 0 Å². The topological polar surface area (TPSA) is 32.3 Å². The molecule has 4 heteroatoms. The highest BCUT2D eigenvalue weighted by atomic mass is 79.9. The first-order chi connectivity index (χ1) is 7.04. The SMILES string of the molecule is CC(N[C@@H](C)CO)c1ccc(Br)c(F)c1. The van der Waals surface area contributed by atoms with Crippen LogP contribution in [-0.4, -0.2) is 17.8 Å². The summed E-state index contributed by atoms with van der Waals surface area (Å²) in [6.45, 7) is 3.89. The number of rotatable bonds is 4. The fraction of sp³-hybridized carbons (Fsp3) is 0.455. The van der Waals surface area contributed by atoms with E-state index in [-0.39, 0.29) is 24.5 Å². The van der Waals surface area contributed by atoms with E-state index < -0.39 is 0 Å². The molecule has 0 saturated carbocycles. The van der Waals surface area contributed by atoms with E-state index in [4.69, 9.17) is 5.11 Å². The molecule has 2 atom stereocenters. The smallest absolute Gasteiger partial charge is 0.137 e. The summed E-state index contributed by atoms with van der Waals surface area (Å²) in [6.07, 6.45) is 0. The van der Waals surface area contributed by atoms with Gasteiger partial charge in [0.25, 0.3) is 0 Å². The van der Waals surface area contributed by atoms with Crippen molar-refractivity contribution in [3.8, 4) is 0 Å². The molecule has 0 radical (unpaired) electrons. The van der Waals surface area contributed by atoms with E-state index in [0.29, 0.717) is 4.47 Å². The molecule has 0 aliphatic rings. The van der Waals surface area contributed by atoms with Gasteiger partial charge in [0, 0.05) is 12.1 Å². The van der Waals surface area contributed by atoms with Crippen molar-refractivity contribution in [2.24, 2.45) is 0 Å². The molecule has 0 saturated heterocycles. The Morgan fingerprint density at radius 3 is 2.67 bits per heavy atom. The highest BCUT2D eigenvalue weighted by molar-refractivity contribution is 9.10. The molecule has 84 valence electrons. The van der Waals surface area contributed by atoms with Crippen LogP contribution in [0.1, 0.15) is 25.5 Å². The van der Waals surface area contributed by atoms with Crippen LogP contribution in [0, 0.1) is 5.82 Å². The summed E-state index contributed by atoms with van der Waals surface area (Å²) in [7, 11) is 0. The van der Waals surface area contributed by atoms with Gasteiger partial charge in [0.2, 0.25) is 0 Å². The van der Waals surface area contributed by atoms with Crippen molar-refractivity contribution in [3.63, 3.8) is 0 Å². The Hall–Kier alpha value is -0.450. The summed E-state index contributed by atoms with van der Waals surface area (Å²) in [5.41, 5.74) is 0.871. The van der Waals surface area contributed by atoms with E-state index in [9.17, 15) is 4.39 Å². The summed E-state index contributed by atoms with van der Waals surface area (Å²) in [4.78, 5) is 0. The summed E-state index contributed by atoms with van der Waals surface area (Å²) in [6, 6.07) is 5.06. The standard InChI is InChI=1S/C11H15BrFNO/c1-7(6-15)14-8(2)9-3-4-10(12)11(13)5-9/h3-5,7-8,14-15H,6H2,1-2H3/t7-,8?/m0/s1. The summed E-state index contributed by atoms with van der Waals surface area (Å²) < 4.78 is 13.7. The Morgan fingerprint density at radius 2 is 2.13 bits per heavy atom. The van der Waals surface area contributed by atoms with Gasteiger partial charge in [0.1, 0.15) is 5.82 Å². The van der Waals surface area contributed by atoms with Crippen molar-refractivity contribution >= 4 is 15.9 Å². The van der Waals surface area contributed by atoms with Crippen LogP contribution in [0.4, 0.5) is 4.39 Å². The van der Waals surface area contributed by atoms with Crippen LogP contribution in [0.5, 0.6) is 0 Å². The largest absolute Gasteiger partial charge is 0.395 e. The normalized spacial score (nSPS) is 15.0. The maximum absolute atomic E-state index is 13.2. The first-order valence-electron chi connectivity index (χ1n) is 4.86. The molecule has 15 heavy (non-hydrogen) atoms. The molecule has 2 N–H and O–H groups in total. The second kappa shape index (κ2) is 5.58. The average Bonchev–Trinajstić information content (AvgIpc) is 2.21. The Kier molecular flexibility index (Phi) is 4.70. The van der Waals surface area contributed by atoms with Crippen LogP contribution >= 0.6 is 15.9 Å². The molecule has 1 aromatic carbocycles. The van der Waals surface area contributed by atoms with Crippen LogP contribution < -0.4 is 5.32 Å². The minimum absolute atomic E-state index is 0.00621. The zero-order valence-corrected chi connectivity index (χ0v) is 10.4. The van der Waals surface area contributed by atoms with Gasteiger partial charge < -0.3 is 10.4 Å².